The fraction of sp³-hybridized carbons (Fsp3) is 0.267. The molecule has 2 aromatic rings. The zero-order chi connectivity index (χ0) is 20.0. The van der Waals surface area contributed by atoms with Crippen LogP contribution in [0, 0.1) is 0 Å². The molecule has 1 heterocycles. The van der Waals surface area contributed by atoms with Crippen LogP contribution in [0.1, 0.15) is 6.92 Å². The number of anilines is 4. The topological polar surface area (TPSA) is 123 Å². The largest absolute Gasteiger partial charge is 0.573 e. The van der Waals surface area contributed by atoms with Gasteiger partial charge in [-0.25, -0.2) is 4.79 Å². The van der Waals surface area contributed by atoms with Crippen LogP contribution in [0.4, 0.5) is 41.2 Å². The fourth-order valence-corrected chi connectivity index (χ4v) is 2.02. The van der Waals surface area contributed by atoms with Crippen molar-refractivity contribution in [2.45, 2.75) is 13.3 Å². The van der Waals surface area contributed by atoms with Crippen molar-refractivity contribution in [3.63, 3.8) is 0 Å². The molecular weight excluding hydrogens is 369 g/mol. The van der Waals surface area contributed by atoms with E-state index in [2.05, 4.69) is 30.7 Å². The first-order valence-corrected chi connectivity index (χ1v) is 7.61. The molecule has 12 heteroatoms. The van der Waals surface area contributed by atoms with Crippen LogP contribution < -0.4 is 31.2 Å². The van der Waals surface area contributed by atoms with Crippen LogP contribution in [-0.2, 0) is 0 Å². The number of amides is 2. The highest BCUT2D eigenvalue weighted by molar-refractivity contribution is 5.98. The van der Waals surface area contributed by atoms with Crippen molar-refractivity contribution in [2.75, 3.05) is 35.3 Å². The van der Waals surface area contributed by atoms with Crippen molar-refractivity contribution in [1.82, 2.24) is 9.97 Å². The Kier molecular flexibility index (Phi) is 6.11. The van der Waals surface area contributed by atoms with Crippen molar-refractivity contribution < 1.29 is 27.4 Å². The second-order valence-electron chi connectivity index (χ2n) is 5.00. The number of benzene rings is 1. The maximum atomic E-state index is 12.1. The van der Waals surface area contributed by atoms with E-state index in [1.807, 2.05) is 6.92 Å². The Labute approximate surface area is 152 Å². The second kappa shape index (κ2) is 8.29. The van der Waals surface area contributed by atoms with Crippen molar-refractivity contribution in [1.29, 1.82) is 0 Å². The van der Waals surface area contributed by atoms with Crippen LogP contribution >= 0.6 is 0 Å². The minimum atomic E-state index is -4.79. The molecule has 0 saturated heterocycles. The van der Waals surface area contributed by atoms with Gasteiger partial charge in [-0.1, -0.05) is 0 Å². The number of nitrogens with two attached hydrogens (primary N) is 1. The van der Waals surface area contributed by atoms with Crippen LogP contribution in [0.2, 0.25) is 0 Å². The van der Waals surface area contributed by atoms with Crippen LogP contribution in [0.5, 0.6) is 11.5 Å². The van der Waals surface area contributed by atoms with E-state index < -0.39 is 18.1 Å². The molecule has 5 N–H and O–H groups in total. The van der Waals surface area contributed by atoms with Crippen molar-refractivity contribution >= 4 is 29.3 Å². The van der Waals surface area contributed by atoms with Crippen molar-refractivity contribution in [3.05, 3.63) is 24.3 Å². The molecule has 0 atom stereocenters. The van der Waals surface area contributed by atoms with Crippen LogP contribution in [0.15, 0.2) is 24.3 Å². The number of halogens is 3. The molecule has 0 radical (unpaired) electrons. The summed E-state index contributed by atoms with van der Waals surface area (Å²) in [7, 11) is 1.40. The quantitative estimate of drug-likeness (QED) is 0.602. The number of hydrogen-bond donors (Lipinski definition) is 4. The van der Waals surface area contributed by atoms with Crippen LogP contribution in [-0.4, -0.2) is 36.0 Å². The number of nitrogens with one attached hydrogen (secondary N) is 3. The number of methoxy groups -OCH3 is 1. The minimum absolute atomic E-state index is 0.0207. The summed E-state index contributed by atoms with van der Waals surface area (Å²) < 4.78 is 45.2. The Morgan fingerprint density at radius 2 is 1.85 bits per heavy atom. The van der Waals surface area contributed by atoms with Gasteiger partial charge >= 0.3 is 12.4 Å². The number of carbonyl (C=O) groups excluding carboxylic acids is 1. The fourth-order valence-electron chi connectivity index (χ4n) is 2.02. The zero-order valence-corrected chi connectivity index (χ0v) is 14.3. The van der Waals surface area contributed by atoms with Gasteiger partial charge in [-0.05, 0) is 31.2 Å². The highest BCUT2D eigenvalue weighted by Gasteiger charge is 2.30. The normalized spacial score (nSPS) is 10.9. The van der Waals surface area contributed by atoms with Gasteiger partial charge < -0.3 is 25.8 Å². The third-order valence-corrected chi connectivity index (χ3v) is 3.01. The third-order valence-electron chi connectivity index (χ3n) is 3.01. The van der Waals surface area contributed by atoms with Crippen LogP contribution in [0.3, 0.4) is 0 Å². The summed E-state index contributed by atoms with van der Waals surface area (Å²) in [5.74, 6) is 0.0701. The lowest BCUT2D eigenvalue weighted by Gasteiger charge is -2.13. The van der Waals surface area contributed by atoms with E-state index in [0.717, 1.165) is 12.1 Å². The molecule has 2 rings (SSSR count). The van der Waals surface area contributed by atoms with E-state index in [0.29, 0.717) is 12.4 Å². The van der Waals surface area contributed by atoms with Gasteiger partial charge in [0, 0.05) is 12.2 Å². The summed E-state index contributed by atoms with van der Waals surface area (Å²) in [6.45, 7) is 2.37. The lowest BCUT2D eigenvalue weighted by atomic mass is 10.3. The van der Waals surface area contributed by atoms with Crippen LogP contribution in [0.25, 0.3) is 0 Å². The minimum Gasteiger partial charge on any atom is -0.490 e. The van der Waals surface area contributed by atoms with E-state index in [9.17, 15) is 18.0 Å². The molecule has 0 spiro atoms. The zero-order valence-electron chi connectivity index (χ0n) is 14.3. The van der Waals surface area contributed by atoms with Gasteiger partial charge in [-0.3, -0.25) is 5.32 Å². The monoisotopic (exact) mass is 386 g/mol. The van der Waals surface area contributed by atoms with Gasteiger partial charge in [0.1, 0.15) is 5.75 Å². The summed E-state index contributed by atoms with van der Waals surface area (Å²) in [5.41, 5.74) is 6.00. The number of ether oxygens (including phenoxy) is 2. The Hall–Kier alpha value is -3.44. The maximum absolute atomic E-state index is 12.1. The molecule has 9 nitrogen and oxygen atoms in total. The first-order valence-electron chi connectivity index (χ1n) is 7.61. The molecule has 1 aromatic heterocycles. The molecule has 0 bridgehead atoms. The maximum Gasteiger partial charge on any atom is 0.573 e. The average molecular weight is 386 g/mol. The number of rotatable bonds is 6. The SMILES string of the molecule is CCNc1nc(NC(=O)Nc2ccc(OC(F)(F)F)cc2)nc(N)c1OC. The Morgan fingerprint density at radius 3 is 2.41 bits per heavy atom. The standard InChI is InChI=1S/C15H17F3N6O3/c1-3-20-12-10(26-2)11(19)22-13(23-12)24-14(25)21-8-4-6-9(7-5-8)27-15(16,17)18/h4-7H,3H2,1-2H3,(H5,19,20,21,22,23,24,25). The lowest BCUT2D eigenvalue weighted by molar-refractivity contribution is -0.274. The first-order chi connectivity index (χ1) is 12.7. The van der Waals surface area contributed by atoms with Gasteiger partial charge in [0.05, 0.1) is 7.11 Å². The van der Waals surface area contributed by atoms with Gasteiger partial charge in [-0.15, -0.1) is 13.2 Å². The molecule has 0 saturated carbocycles. The van der Waals surface area contributed by atoms with Gasteiger partial charge in [0.15, 0.2) is 11.6 Å². The summed E-state index contributed by atoms with van der Waals surface area (Å²) in [6.07, 6.45) is -4.79. The predicted octanol–water partition coefficient (Wildman–Crippen LogP) is 3.04. The number of alkyl halides is 3. The van der Waals surface area contributed by atoms with Gasteiger partial charge in [0.25, 0.3) is 0 Å². The Bertz CT molecular complexity index is 799. The van der Waals surface area contributed by atoms with E-state index in [1.54, 1.807) is 0 Å². The molecule has 27 heavy (non-hydrogen) atoms. The number of nitrogens with zero attached hydrogens (tertiary/aromatic N) is 2. The molecule has 0 aliphatic heterocycles. The van der Waals surface area contributed by atoms with E-state index in [1.165, 1.54) is 19.2 Å². The highest BCUT2D eigenvalue weighted by atomic mass is 19.4. The van der Waals surface area contributed by atoms with Gasteiger partial charge in [-0.2, -0.15) is 9.97 Å². The number of aromatic nitrogens is 2. The molecule has 146 valence electrons. The number of nitrogen functional groups attached to an aromatic ring is 1. The van der Waals surface area contributed by atoms with E-state index in [-0.39, 0.29) is 23.2 Å². The molecule has 1 aromatic carbocycles. The molecular formula is C15H17F3N6O3. The summed E-state index contributed by atoms with van der Waals surface area (Å²) in [5, 5.41) is 7.72. The Morgan fingerprint density at radius 1 is 1.19 bits per heavy atom. The summed E-state index contributed by atoms with van der Waals surface area (Å²) >= 11 is 0. The Balaban J connectivity index is 2.05. The molecule has 0 aliphatic rings. The summed E-state index contributed by atoms with van der Waals surface area (Å²) in [4.78, 5) is 20.0. The van der Waals surface area contributed by atoms with E-state index >= 15 is 0 Å². The number of carbonyl (C=O) groups is 1. The number of urea groups is 1. The average Bonchev–Trinajstić information content (AvgIpc) is 2.55. The van der Waals surface area contributed by atoms with Crippen molar-refractivity contribution in [3.8, 4) is 11.5 Å². The summed E-state index contributed by atoms with van der Waals surface area (Å²) in [6, 6.07) is 3.90. The van der Waals surface area contributed by atoms with E-state index in [4.69, 9.17) is 10.5 Å². The molecule has 2 amide bonds. The third kappa shape index (κ3) is 5.80. The lowest BCUT2D eigenvalue weighted by Crippen LogP contribution is -2.22. The van der Waals surface area contributed by atoms with Gasteiger partial charge in [0.2, 0.25) is 11.7 Å². The van der Waals surface area contributed by atoms with Crippen molar-refractivity contribution in [2.24, 2.45) is 0 Å². The predicted molar refractivity (Wildman–Crippen MR) is 92.9 cm³/mol. The highest BCUT2D eigenvalue weighted by Crippen LogP contribution is 2.29. The second-order valence-corrected chi connectivity index (χ2v) is 5.00. The molecule has 0 unspecified atom stereocenters. The smallest absolute Gasteiger partial charge is 0.490 e. The number of hydrogen-bond acceptors (Lipinski definition) is 7. The first kappa shape index (κ1) is 19.9. The molecule has 0 aliphatic carbocycles. The molecule has 0 fully saturated rings.